The van der Waals surface area contributed by atoms with E-state index in [-0.39, 0.29) is 5.41 Å². The first-order valence-corrected chi connectivity index (χ1v) is 9.48. The number of thiazole rings is 1. The second-order valence-electron chi connectivity index (χ2n) is 6.71. The summed E-state index contributed by atoms with van der Waals surface area (Å²) in [6.07, 6.45) is 7.28. The maximum atomic E-state index is 6.12. The van der Waals surface area contributed by atoms with Gasteiger partial charge in [-0.3, -0.25) is 4.90 Å². The summed E-state index contributed by atoms with van der Waals surface area (Å²) in [6, 6.07) is 5.80. The average Bonchev–Trinajstić information content (AvgIpc) is 3.14. The van der Waals surface area contributed by atoms with Gasteiger partial charge >= 0.3 is 0 Å². The number of fused-ring (bicyclic) bond motifs is 1. The molecule has 4 heterocycles. The van der Waals surface area contributed by atoms with Crippen LogP contribution in [0.3, 0.4) is 0 Å². The molecule has 2 fully saturated rings. The van der Waals surface area contributed by atoms with Gasteiger partial charge in [-0.05, 0) is 25.3 Å². The van der Waals surface area contributed by atoms with Gasteiger partial charge < -0.3 is 9.47 Å². The molecular formula is C18H23N3O2S. The SMILES string of the molecule is c1ccc(OC[C@@]23CCCO[C@H]2CCN(Cc2nccs2)C3)nc1. The number of hydrogen-bond donors (Lipinski definition) is 0. The molecule has 6 heteroatoms. The summed E-state index contributed by atoms with van der Waals surface area (Å²) in [6.45, 7) is 4.54. The molecule has 0 N–H and O–H groups in total. The minimum absolute atomic E-state index is 0.0608. The highest BCUT2D eigenvalue weighted by Gasteiger charge is 2.46. The van der Waals surface area contributed by atoms with Gasteiger partial charge in [-0.15, -0.1) is 11.3 Å². The molecular weight excluding hydrogens is 322 g/mol. The lowest BCUT2D eigenvalue weighted by molar-refractivity contribution is -0.141. The van der Waals surface area contributed by atoms with Crippen molar-refractivity contribution >= 4 is 11.3 Å². The lowest BCUT2D eigenvalue weighted by Crippen LogP contribution is -2.57. The molecule has 2 aliphatic rings. The number of rotatable bonds is 5. The van der Waals surface area contributed by atoms with Crippen molar-refractivity contribution in [2.75, 3.05) is 26.3 Å². The zero-order valence-corrected chi connectivity index (χ0v) is 14.6. The Labute approximate surface area is 146 Å². The minimum atomic E-state index is 0.0608. The fraction of sp³-hybridized carbons (Fsp3) is 0.556. The lowest BCUT2D eigenvalue weighted by Gasteiger charge is -2.50. The summed E-state index contributed by atoms with van der Waals surface area (Å²) in [4.78, 5) is 11.2. The molecule has 2 aromatic rings. The quantitative estimate of drug-likeness (QED) is 0.834. The van der Waals surface area contributed by atoms with E-state index in [1.807, 2.05) is 29.8 Å². The van der Waals surface area contributed by atoms with E-state index in [2.05, 4.69) is 14.9 Å². The third kappa shape index (κ3) is 3.45. The number of nitrogens with zero attached hydrogens (tertiary/aromatic N) is 3. The zero-order chi connectivity index (χ0) is 16.2. The zero-order valence-electron chi connectivity index (χ0n) is 13.8. The number of piperidine rings is 1. The molecule has 5 nitrogen and oxygen atoms in total. The van der Waals surface area contributed by atoms with Crippen molar-refractivity contribution in [2.24, 2.45) is 5.41 Å². The van der Waals surface area contributed by atoms with Crippen molar-refractivity contribution in [3.63, 3.8) is 0 Å². The van der Waals surface area contributed by atoms with Gasteiger partial charge in [-0.2, -0.15) is 0 Å². The van der Waals surface area contributed by atoms with Crippen LogP contribution in [-0.4, -0.2) is 47.3 Å². The van der Waals surface area contributed by atoms with Crippen LogP contribution in [0.1, 0.15) is 24.3 Å². The Bertz CT molecular complexity index is 637. The molecule has 4 rings (SSSR count). The molecule has 24 heavy (non-hydrogen) atoms. The summed E-state index contributed by atoms with van der Waals surface area (Å²) in [5, 5.41) is 3.23. The third-order valence-corrected chi connectivity index (χ3v) is 5.82. The number of likely N-dealkylation sites (tertiary alicyclic amines) is 1. The molecule has 2 aromatic heterocycles. The van der Waals surface area contributed by atoms with E-state index < -0.39 is 0 Å². The van der Waals surface area contributed by atoms with Crippen LogP contribution in [-0.2, 0) is 11.3 Å². The monoisotopic (exact) mass is 345 g/mol. The second kappa shape index (κ2) is 7.17. The fourth-order valence-corrected chi connectivity index (χ4v) is 4.56. The topological polar surface area (TPSA) is 47.5 Å². The molecule has 2 saturated heterocycles. The Balaban J connectivity index is 1.47. The van der Waals surface area contributed by atoms with Crippen LogP contribution in [0, 0.1) is 5.41 Å². The molecule has 2 atom stereocenters. The highest BCUT2D eigenvalue weighted by molar-refractivity contribution is 7.09. The fourth-order valence-electron chi connectivity index (χ4n) is 3.90. The lowest BCUT2D eigenvalue weighted by atomic mass is 9.73. The van der Waals surface area contributed by atoms with Crippen LogP contribution in [0.2, 0.25) is 0 Å². The summed E-state index contributed by atoms with van der Waals surface area (Å²) >= 11 is 1.73. The first-order valence-electron chi connectivity index (χ1n) is 8.60. The third-order valence-electron chi connectivity index (χ3n) is 5.05. The molecule has 0 unspecified atom stereocenters. The predicted octanol–water partition coefficient (Wildman–Crippen LogP) is 2.99. The van der Waals surface area contributed by atoms with E-state index in [9.17, 15) is 0 Å². The Hall–Kier alpha value is -1.50. The molecule has 0 spiro atoms. The highest BCUT2D eigenvalue weighted by atomic mass is 32.1. The van der Waals surface area contributed by atoms with Gasteiger partial charge in [0.05, 0.1) is 19.3 Å². The van der Waals surface area contributed by atoms with E-state index in [4.69, 9.17) is 9.47 Å². The molecule has 0 aliphatic carbocycles. The first kappa shape index (κ1) is 16.0. The first-order chi connectivity index (χ1) is 11.8. The number of pyridine rings is 1. The largest absolute Gasteiger partial charge is 0.477 e. The van der Waals surface area contributed by atoms with E-state index in [1.165, 1.54) is 5.01 Å². The number of ether oxygens (including phenoxy) is 2. The van der Waals surface area contributed by atoms with E-state index in [1.54, 1.807) is 17.5 Å². The molecule has 0 bridgehead atoms. The normalized spacial score (nSPS) is 27.6. The van der Waals surface area contributed by atoms with Crippen LogP contribution < -0.4 is 4.74 Å². The van der Waals surface area contributed by atoms with E-state index in [0.29, 0.717) is 18.6 Å². The van der Waals surface area contributed by atoms with Gasteiger partial charge in [0, 0.05) is 49.0 Å². The number of aromatic nitrogens is 2. The second-order valence-corrected chi connectivity index (χ2v) is 7.69. The summed E-state index contributed by atoms with van der Waals surface area (Å²) in [5.41, 5.74) is 0.0608. The van der Waals surface area contributed by atoms with Crippen LogP contribution >= 0.6 is 11.3 Å². The van der Waals surface area contributed by atoms with Gasteiger partial charge in [-0.25, -0.2) is 9.97 Å². The summed E-state index contributed by atoms with van der Waals surface area (Å²) in [7, 11) is 0. The molecule has 0 amide bonds. The van der Waals surface area contributed by atoms with Crippen molar-refractivity contribution in [3.05, 3.63) is 41.0 Å². The highest BCUT2D eigenvalue weighted by Crippen LogP contribution is 2.41. The smallest absolute Gasteiger partial charge is 0.213 e. The molecule has 0 radical (unpaired) electrons. The van der Waals surface area contributed by atoms with Gasteiger partial charge in [0.25, 0.3) is 0 Å². The van der Waals surface area contributed by atoms with Gasteiger partial charge in [0.1, 0.15) is 5.01 Å². The van der Waals surface area contributed by atoms with Crippen LogP contribution in [0.15, 0.2) is 36.0 Å². The van der Waals surface area contributed by atoms with Gasteiger partial charge in [0.15, 0.2) is 0 Å². The van der Waals surface area contributed by atoms with Gasteiger partial charge in [0.2, 0.25) is 5.88 Å². The van der Waals surface area contributed by atoms with Crippen molar-refractivity contribution in [2.45, 2.75) is 31.9 Å². The summed E-state index contributed by atoms with van der Waals surface area (Å²) < 4.78 is 12.2. The predicted molar refractivity (Wildman–Crippen MR) is 93.1 cm³/mol. The number of hydrogen-bond acceptors (Lipinski definition) is 6. The molecule has 0 saturated carbocycles. The minimum Gasteiger partial charge on any atom is -0.477 e. The molecule has 128 valence electrons. The Morgan fingerprint density at radius 1 is 1.33 bits per heavy atom. The molecule has 2 aliphatic heterocycles. The average molecular weight is 345 g/mol. The molecule has 0 aromatic carbocycles. The van der Waals surface area contributed by atoms with Crippen molar-refractivity contribution in [1.29, 1.82) is 0 Å². The van der Waals surface area contributed by atoms with Crippen LogP contribution in [0.25, 0.3) is 0 Å². The standard InChI is InChI=1S/C18H23N3O2S/c1-2-7-19-16(4-1)23-14-18-6-3-10-22-15(18)5-9-21(13-18)12-17-20-8-11-24-17/h1-2,4,7-8,11,15H,3,5-6,9-10,12-14H2/t15-,18-/m0/s1. The van der Waals surface area contributed by atoms with Gasteiger partial charge in [-0.1, -0.05) is 6.07 Å². The van der Waals surface area contributed by atoms with E-state index >= 15 is 0 Å². The van der Waals surface area contributed by atoms with Crippen LogP contribution in [0.5, 0.6) is 5.88 Å². The van der Waals surface area contributed by atoms with Crippen molar-refractivity contribution in [3.8, 4) is 5.88 Å². The Morgan fingerprint density at radius 3 is 3.17 bits per heavy atom. The maximum absolute atomic E-state index is 6.12. The Morgan fingerprint density at radius 2 is 2.33 bits per heavy atom. The van der Waals surface area contributed by atoms with Crippen molar-refractivity contribution in [1.82, 2.24) is 14.9 Å². The Kier molecular flexibility index (Phi) is 4.78. The maximum Gasteiger partial charge on any atom is 0.213 e. The summed E-state index contributed by atoms with van der Waals surface area (Å²) in [5.74, 6) is 0.702. The van der Waals surface area contributed by atoms with Crippen LogP contribution in [0.4, 0.5) is 0 Å². The van der Waals surface area contributed by atoms with E-state index in [0.717, 1.165) is 45.5 Å². The van der Waals surface area contributed by atoms with Crippen molar-refractivity contribution < 1.29 is 9.47 Å².